The molecule has 0 saturated carbocycles. The van der Waals surface area contributed by atoms with Crippen LogP contribution in [0, 0.1) is 6.92 Å². The minimum absolute atomic E-state index is 0.752. The molecule has 0 aliphatic carbocycles. The van der Waals surface area contributed by atoms with E-state index in [0.29, 0.717) is 0 Å². The monoisotopic (exact) mass is 286 g/mol. The third-order valence-electron chi connectivity index (χ3n) is 2.15. The summed E-state index contributed by atoms with van der Waals surface area (Å²) in [4.78, 5) is 4.26. The van der Waals surface area contributed by atoms with Crippen molar-refractivity contribution in [3.05, 3.63) is 27.4 Å². The average molecular weight is 287 g/mol. The zero-order chi connectivity index (χ0) is 10.8. The first-order valence-corrected chi connectivity index (χ1v) is 6.16. The SMILES string of the molecule is Cc1cnn(C)c1CNc1nc(Br)cs1. The Morgan fingerprint density at radius 3 is 2.93 bits per heavy atom. The summed E-state index contributed by atoms with van der Waals surface area (Å²) in [6.45, 7) is 2.81. The molecule has 0 aliphatic heterocycles. The summed E-state index contributed by atoms with van der Waals surface area (Å²) >= 11 is 4.91. The van der Waals surface area contributed by atoms with Gasteiger partial charge in [-0.05, 0) is 28.4 Å². The minimum Gasteiger partial charge on any atom is -0.356 e. The van der Waals surface area contributed by atoms with Crippen LogP contribution in [0.15, 0.2) is 16.2 Å². The van der Waals surface area contributed by atoms with E-state index in [1.807, 2.05) is 23.3 Å². The highest BCUT2D eigenvalue weighted by molar-refractivity contribution is 9.10. The van der Waals surface area contributed by atoms with Crippen molar-refractivity contribution < 1.29 is 0 Å². The number of hydrogen-bond acceptors (Lipinski definition) is 4. The third-order valence-corrected chi connectivity index (χ3v) is 3.66. The van der Waals surface area contributed by atoms with Crippen molar-refractivity contribution in [1.82, 2.24) is 14.8 Å². The smallest absolute Gasteiger partial charge is 0.184 e. The molecule has 0 amide bonds. The van der Waals surface area contributed by atoms with Crippen molar-refractivity contribution in [2.45, 2.75) is 13.5 Å². The Kier molecular flexibility index (Phi) is 3.06. The van der Waals surface area contributed by atoms with Gasteiger partial charge in [0.05, 0.1) is 18.4 Å². The maximum absolute atomic E-state index is 4.26. The summed E-state index contributed by atoms with van der Waals surface area (Å²) in [6, 6.07) is 0. The highest BCUT2D eigenvalue weighted by atomic mass is 79.9. The molecule has 0 aromatic carbocycles. The molecule has 0 atom stereocenters. The lowest BCUT2D eigenvalue weighted by Crippen LogP contribution is -2.06. The van der Waals surface area contributed by atoms with E-state index >= 15 is 0 Å². The van der Waals surface area contributed by atoms with Crippen LogP contribution in [0.3, 0.4) is 0 Å². The van der Waals surface area contributed by atoms with Crippen LogP contribution < -0.4 is 5.32 Å². The Hall–Kier alpha value is -0.880. The molecule has 2 rings (SSSR count). The van der Waals surface area contributed by atoms with Gasteiger partial charge in [-0.2, -0.15) is 5.10 Å². The molecule has 80 valence electrons. The summed E-state index contributed by atoms with van der Waals surface area (Å²) in [5.74, 6) is 0. The van der Waals surface area contributed by atoms with Gasteiger partial charge >= 0.3 is 0 Å². The third kappa shape index (κ3) is 2.38. The van der Waals surface area contributed by atoms with Crippen molar-refractivity contribution in [2.75, 3.05) is 5.32 Å². The van der Waals surface area contributed by atoms with Crippen LogP contribution in [0.1, 0.15) is 11.3 Å². The summed E-state index contributed by atoms with van der Waals surface area (Å²) < 4.78 is 2.75. The van der Waals surface area contributed by atoms with Gasteiger partial charge < -0.3 is 5.32 Å². The zero-order valence-electron chi connectivity index (χ0n) is 8.49. The van der Waals surface area contributed by atoms with Gasteiger partial charge in [-0.1, -0.05) is 0 Å². The fourth-order valence-corrected chi connectivity index (χ4v) is 2.46. The first kappa shape index (κ1) is 10.6. The molecule has 0 unspecified atom stereocenters. The molecule has 0 fully saturated rings. The van der Waals surface area contributed by atoms with E-state index in [0.717, 1.165) is 16.3 Å². The molecule has 4 nitrogen and oxygen atoms in total. The topological polar surface area (TPSA) is 42.7 Å². The number of rotatable bonds is 3. The van der Waals surface area contributed by atoms with Crippen LogP contribution in [0.25, 0.3) is 0 Å². The lowest BCUT2D eigenvalue weighted by atomic mass is 10.3. The highest BCUT2D eigenvalue weighted by Gasteiger charge is 2.05. The van der Waals surface area contributed by atoms with Crippen molar-refractivity contribution in [3.63, 3.8) is 0 Å². The summed E-state index contributed by atoms with van der Waals surface area (Å²) in [5, 5.41) is 10.3. The molecule has 0 spiro atoms. The maximum atomic E-state index is 4.26. The van der Waals surface area contributed by atoms with Gasteiger partial charge in [0.25, 0.3) is 0 Å². The summed E-state index contributed by atoms with van der Waals surface area (Å²) in [7, 11) is 1.95. The lowest BCUT2D eigenvalue weighted by Gasteiger charge is -2.04. The second-order valence-corrected chi connectivity index (χ2v) is 4.90. The predicted molar refractivity (Wildman–Crippen MR) is 65.1 cm³/mol. The van der Waals surface area contributed by atoms with Gasteiger partial charge in [0.2, 0.25) is 0 Å². The van der Waals surface area contributed by atoms with E-state index < -0.39 is 0 Å². The van der Waals surface area contributed by atoms with Gasteiger partial charge in [0.1, 0.15) is 4.60 Å². The Bertz CT molecular complexity index is 443. The first-order valence-electron chi connectivity index (χ1n) is 4.49. The van der Waals surface area contributed by atoms with E-state index in [-0.39, 0.29) is 0 Å². The van der Waals surface area contributed by atoms with Crippen molar-refractivity contribution in [1.29, 1.82) is 0 Å². The summed E-state index contributed by atoms with van der Waals surface area (Å²) in [5.41, 5.74) is 2.38. The zero-order valence-corrected chi connectivity index (χ0v) is 10.9. The molecule has 2 heterocycles. The first-order chi connectivity index (χ1) is 7.16. The van der Waals surface area contributed by atoms with Crippen molar-refractivity contribution >= 4 is 32.4 Å². The molecule has 0 aliphatic rings. The van der Waals surface area contributed by atoms with Crippen LogP contribution >= 0.6 is 27.3 Å². The molecule has 0 saturated heterocycles. The maximum Gasteiger partial charge on any atom is 0.184 e. The normalized spacial score (nSPS) is 10.6. The summed E-state index contributed by atoms with van der Waals surface area (Å²) in [6.07, 6.45) is 1.87. The molecular formula is C9H11BrN4S. The van der Waals surface area contributed by atoms with Crippen LogP contribution in [0.5, 0.6) is 0 Å². The second-order valence-electron chi connectivity index (χ2n) is 3.23. The van der Waals surface area contributed by atoms with Crippen LogP contribution in [0.2, 0.25) is 0 Å². The van der Waals surface area contributed by atoms with Crippen LogP contribution in [-0.2, 0) is 13.6 Å². The van der Waals surface area contributed by atoms with Crippen LogP contribution in [-0.4, -0.2) is 14.8 Å². The minimum atomic E-state index is 0.752. The predicted octanol–water partition coefficient (Wildman–Crippen LogP) is 2.56. The Balaban J connectivity index is 2.05. The molecule has 0 radical (unpaired) electrons. The fraction of sp³-hybridized carbons (Fsp3) is 0.333. The van der Waals surface area contributed by atoms with Gasteiger partial charge in [0.15, 0.2) is 5.13 Å². The molecular weight excluding hydrogens is 276 g/mol. The number of aryl methyl sites for hydroxylation is 2. The molecule has 2 aromatic heterocycles. The number of aromatic nitrogens is 3. The molecule has 2 aromatic rings. The van der Waals surface area contributed by atoms with Gasteiger partial charge in [0, 0.05) is 12.4 Å². The van der Waals surface area contributed by atoms with Crippen LogP contribution in [0.4, 0.5) is 5.13 Å². The number of thiazole rings is 1. The van der Waals surface area contributed by atoms with E-state index in [2.05, 4.69) is 38.3 Å². The molecule has 6 heteroatoms. The number of anilines is 1. The number of nitrogens with one attached hydrogen (secondary N) is 1. The molecule has 1 N–H and O–H groups in total. The van der Waals surface area contributed by atoms with E-state index in [9.17, 15) is 0 Å². The van der Waals surface area contributed by atoms with Crippen molar-refractivity contribution in [2.24, 2.45) is 7.05 Å². The standard InChI is InChI=1S/C9H11BrN4S/c1-6-3-12-14(2)7(6)4-11-9-13-8(10)5-15-9/h3,5H,4H2,1-2H3,(H,11,13). The number of hydrogen-bond donors (Lipinski definition) is 1. The van der Waals surface area contributed by atoms with E-state index in [1.54, 1.807) is 11.3 Å². The largest absolute Gasteiger partial charge is 0.356 e. The highest BCUT2D eigenvalue weighted by Crippen LogP contribution is 2.20. The average Bonchev–Trinajstić information content (AvgIpc) is 2.73. The quantitative estimate of drug-likeness (QED) is 0.943. The Labute approximate surface area is 100 Å². The Morgan fingerprint density at radius 1 is 1.60 bits per heavy atom. The fourth-order valence-electron chi connectivity index (χ4n) is 1.32. The number of halogens is 1. The number of nitrogens with zero attached hydrogens (tertiary/aromatic N) is 3. The van der Waals surface area contributed by atoms with Crippen molar-refractivity contribution in [3.8, 4) is 0 Å². The van der Waals surface area contributed by atoms with E-state index in [1.165, 1.54) is 11.3 Å². The van der Waals surface area contributed by atoms with Gasteiger partial charge in [-0.25, -0.2) is 4.98 Å². The Morgan fingerprint density at radius 2 is 2.40 bits per heavy atom. The molecule has 0 bridgehead atoms. The van der Waals surface area contributed by atoms with E-state index in [4.69, 9.17) is 0 Å². The molecule has 15 heavy (non-hydrogen) atoms. The van der Waals surface area contributed by atoms with Gasteiger partial charge in [-0.3, -0.25) is 4.68 Å². The van der Waals surface area contributed by atoms with Gasteiger partial charge in [-0.15, -0.1) is 11.3 Å². The second kappa shape index (κ2) is 4.32. The lowest BCUT2D eigenvalue weighted by molar-refractivity contribution is 0.718.